The molecule has 3 nitrogen and oxygen atoms in total. The first-order valence-electron chi connectivity index (χ1n) is 7.75. The van der Waals surface area contributed by atoms with E-state index in [1.54, 1.807) is 0 Å². The molecule has 1 N–H and O–H groups in total. The molecule has 3 rings (SSSR count). The van der Waals surface area contributed by atoms with Crippen molar-refractivity contribution >= 4 is 5.91 Å². The SMILES string of the molecule is O=C(N1CCC[C@H]1CO)C1(c2ccccc2)CCCC1. The van der Waals surface area contributed by atoms with Crippen LogP contribution in [0.2, 0.25) is 0 Å². The summed E-state index contributed by atoms with van der Waals surface area (Å²) in [4.78, 5) is 15.1. The van der Waals surface area contributed by atoms with Crippen molar-refractivity contribution in [3.8, 4) is 0 Å². The molecule has 1 aliphatic carbocycles. The van der Waals surface area contributed by atoms with Crippen molar-refractivity contribution in [3.63, 3.8) is 0 Å². The fourth-order valence-electron chi connectivity index (χ4n) is 3.93. The van der Waals surface area contributed by atoms with E-state index in [0.29, 0.717) is 0 Å². The second-order valence-corrected chi connectivity index (χ2v) is 6.13. The summed E-state index contributed by atoms with van der Waals surface area (Å²) in [6.45, 7) is 0.898. The maximum atomic E-state index is 13.2. The Labute approximate surface area is 120 Å². The Balaban J connectivity index is 1.93. The number of nitrogens with zero attached hydrogens (tertiary/aromatic N) is 1. The average molecular weight is 273 g/mol. The lowest BCUT2D eigenvalue weighted by Crippen LogP contribution is -2.48. The van der Waals surface area contributed by atoms with Gasteiger partial charge in [0.05, 0.1) is 18.1 Å². The first kappa shape index (κ1) is 13.6. The first-order chi connectivity index (χ1) is 9.78. The van der Waals surface area contributed by atoms with Gasteiger partial charge < -0.3 is 10.0 Å². The fourth-order valence-corrected chi connectivity index (χ4v) is 3.93. The van der Waals surface area contributed by atoms with E-state index in [1.807, 2.05) is 23.1 Å². The van der Waals surface area contributed by atoms with Crippen LogP contribution in [0.4, 0.5) is 0 Å². The van der Waals surface area contributed by atoms with Gasteiger partial charge in [-0.25, -0.2) is 0 Å². The number of aliphatic hydroxyl groups excluding tert-OH is 1. The van der Waals surface area contributed by atoms with Gasteiger partial charge in [0, 0.05) is 6.54 Å². The van der Waals surface area contributed by atoms with Crippen LogP contribution in [-0.4, -0.2) is 35.1 Å². The molecule has 1 saturated heterocycles. The molecule has 1 aromatic carbocycles. The summed E-state index contributed by atoms with van der Waals surface area (Å²) in [5.74, 6) is 0.248. The summed E-state index contributed by atoms with van der Waals surface area (Å²) in [5.41, 5.74) is 0.824. The number of hydrogen-bond donors (Lipinski definition) is 1. The lowest BCUT2D eigenvalue weighted by Gasteiger charge is -2.35. The maximum Gasteiger partial charge on any atom is 0.233 e. The predicted octanol–water partition coefficient (Wildman–Crippen LogP) is 2.48. The highest BCUT2D eigenvalue weighted by molar-refractivity contribution is 5.89. The van der Waals surface area contributed by atoms with E-state index < -0.39 is 0 Å². The second kappa shape index (κ2) is 5.57. The number of carbonyl (C=O) groups is 1. The van der Waals surface area contributed by atoms with Crippen molar-refractivity contribution in [3.05, 3.63) is 35.9 Å². The van der Waals surface area contributed by atoms with Crippen LogP contribution in [0.5, 0.6) is 0 Å². The molecule has 0 unspecified atom stereocenters. The normalized spacial score (nSPS) is 25.1. The smallest absolute Gasteiger partial charge is 0.233 e. The van der Waals surface area contributed by atoms with Crippen LogP contribution in [0.15, 0.2) is 30.3 Å². The number of likely N-dealkylation sites (tertiary alicyclic amines) is 1. The van der Waals surface area contributed by atoms with E-state index in [1.165, 1.54) is 0 Å². The Morgan fingerprint density at radius 3 is 2.55 bits per heavy atom. The molecule has 0 radical (unpaired) electrons. The maximum absolute atomic E-state index is 13.2. The van der Waals surface area contributed by atoms with E-state index in [2.05, 4.69) is 12.1 Å². The minimum Gasteiger partial charge on any atom is -0.394 e. The average Bonchev–Trinajstić information content (AvgIpc) is 3.17. The molecule has 108 valence electrons. The topological polar surface area (TPSA) is 40.5 Å². The summed E-state index contributed by atoms with van der Waals surface area (Å²) in [7, 11) is 0. The largest absolute Gasteiger partial charge is 0.394 e. The van der Waals surface area contributed by atoms with Crippen molar-refractivity contribution in [2.75, 3.05) is 13.2 Å². The first-order valence-corrected chi connectivity index (χ1v) is 7.75. The van der Waals surface area contributed by atoms with Gasteiger partial charge in [-0.2, -0.15) is 0 Å². The summed E-state index contributed by atoms with van der Waals surface area (Å²) in [5, 5.41) is 9.49. The van der Waals surface area contributed by atoms with Gasteiger partial charge >= 0.3 is 0 Å². The summed E-state index contributed by atoms with van der Waals surface area (Å²) in [6, 6.07) is 10.3. The number of aliphatic hydroxyl groups is 1. The summed E-state index contributed by atoms with van der Waals surface area (Å²) in [6.07, 6.45) is 6.10. The molecule has 20 heavy (non-hydrogen) atoms. The number of benzene rings is 1. The molecule has 0 bridgehead atoms. The number of carbonyl (C=O) groups excluding carboxylic acids is 1. The van der Waals surface area contributed by atoms with Crippen LogP contribution in [0.3, 0.4) is 0 Å². The molecule has 0 spiro atoms. The number of amides is 1. The lowest BCUT2D eigenvalue weighted by molar-refractivity contribution is -0.139. The minimum absolute atomic E-state index is 0.0312. The highest BCUT2D eigenvalue weighted by atomic mass is 16.3. The van der Waals surface area contributed by atoms with Gasteiger partial charge in [-0.05, 0) is 31.2 Å². The van der Waals surface area contributed by atoms with Crippen LogP contribution in [0.1, 0.15) is 44.1 Å². The van der Waals surface area contributed by atoms with Crippen LogP contribution >= 0.6 is 0 Å². The minimum atomic E-state index is -0.334. The van der Waals surface area contributed by atoms with E-state index in [-0.39, 0.29) is 24.0 Å². The van der Waals surface area contributed by atoms with Crippen LogP contribution in [0, 0.1) is 0 Å². The molecule has 1 saturated carbocycles. The van der Waals surface area contributed by atoms with Gasteiger partial charge in [-0.1, -0.05) is 43.2 Å². The molecule has 1 atom stereocenters. The molecule has 1 heterocycles. The quantitative estimate of drug-likeness (QED) is 0.919. The van der Waals surface area contributed by atoms with Crippen LogP contribution in [-0.2, 0) is 10.2 Å². The highest BCUT2D eigenvalue weighted by Gasteiger charge is 2.46. The number of hydrogen-bond acceptors (Lipinski definition) is 2. The van der Waals surface area contributed by atoms with E-state index in [4.69, 9.17) is 0 Å². The van der Waals surface area contributed by atoms with Gasteiger partial charge in [-0.15, -0.1) is 0 Å². The third-order valence-electron chi connectivity index (χ3n) is 5.04. The van der Waals surface area contributed by atoms with Crippen molar-refractivity contribution in [2.45, 2.75) is 50.0 Å². The van der Waals surface area contributed by atoms with E-state index in [9.17, 15) is 9.90 Å². The zero-order valence-electron chi connectivity index (χ0n) is 11.9. The van der Waals surface area contributed by atoms with Crippen molar-refractivity contribution in [1.29, 1.82) is 0 Å². The lowest BCUT2D eigenvalue weighted by atomic mass is 9.77. The second-order valence-electron chi connectivity index (χ2n) is 6.13. The Hall–Kier alpha value is -1.35. The monoisotopic (exact) mass is 273 g/mol. The van der Waals surface area contributed by atoms with Gasteiger partial charge in [0.25, 0.3) is 0 Å². The van der Waals surface area contributed by atoms with Gasteiger partial charge in [0.15, 0.2) is 0 Å². The Morgan fingerprint density at radius 1 is 1.20 bits per heavy atom. The standard InChI is InChI=1S/C17H23NO2/c19-13-15-9-6-12-18(15)16(20)17(10-4-5-11-17)14-7-2-1-3-8-14/h1-3,7-8,15,19H,4-6,9-13H2/t15-/m0/s1. The molecular weight excluding hydrogens is 250 g/mol. The molecule has 1 aliphatic heterocycles. The molecule has 1 aromatic rings. The molecule has 1 amide bonds. The Morgan fingerprint density at radius 2 is 1.90 bits per heavy atom. The third-order valence-corrected chi connectivity index (χ3v) is 5.04. The van der Waals surface area contributed by atoms with Gasteiger partial charge in [-0.3, -0.25) is 4.79 Å². The van der Waals surface area contributed by atoms with E-state index >= 15 is 0 Å². The van der Waals surface area contributed by atoms with Crippen molar-refractivity contribution < 1.29 is 9.90 Å². The zero-order valence-corrected chi connectivity index (χ0v) is 11.9. The highest BCUT2D eigenvalue weighted by Crippen LogP contribution is 2.43. The Kier molecular flexibility index (Phi) is 3.79. The Bertz CT molecular complexity index is 465. The fraction of sp³-hybridized carbons (Fsp3) is 0.588. The molecule has 2 fully saturated rings. The molecular formula is C17H23NO2. The summed E-state index contributed by atoms with van der Waals surface area (Å²) < 4.78 is 0. The predicted molar refractivity (Wildman–Crippen MR) is 78.4 cm³/mol. The van der Waals surface area contributed by atoms with E-state index in [0.717, 1.165) is 50.6 Å². The molecule has 0 aromatic heterocycles. The van der Waals surface area contributed by atoms with Gasteiger partial charge in [0.2, 0.25) is 5.91 Å². The van der Waals surface area contributed by atoms with Crippen LogP contribution in [0.25, 0.3) is 0 Å². The third kappa shape index (κ3) is 2.14. The molecule has 3 heteroatoms. The number of rotatable bonds is 3. The van der Waals surface area contributed by atoms with Crippen molar-refractivity contribution in [1.82, 2.24) is 4.90 Å². The van der Waals surface area contributed by atoms with Crippen molar-refractivity contribution in [2.24, 2.45) is 0 Å². The van der Waals surface area contributed by atoms with Gasteiger partial charge in [0.1, 0.15) is 0 Å². The summed E-state index contributed by atoms with van der Waals surface area (Å²) >= 11 is 0. The van der Waals surface area contributed by atoms with Crippen LogP contribution < -0.4 is 0 Å². The molecule has 2 aliphatic rings. The zero-order chi connectivity index (χ0) is 14.0.